The number of rotatable bonds is 6. The zero-order valence-electron chi connectivity index (χ0n) is 19.0. The first-order valence-corrected chi connectivity index (χ1v) is 12.7. The lowest BCUT2D eigenvalue weighted by molar-refractivity contribution is 0.0744. The summed E-state index contributed by atoms with van der Waals surface area (Å²) in [5.41, 5.74) is 2.13. The molecular weight excluding hydrogens is 367 g/mol. The fraction of sp³-hybridized carbons (Fsp3) is 0.655. The molecule has 3 saturated carbocycles. The van der Waals surface area contributed by atoms with Crippen molar-refractivity contribution in [3.63, 3.8) is 0 Å². The molecule has 30 heavy (non-hydrogen) atoms. The van der Waals surface area contributed by atoms with Crippen LogP contribution in [0.3, 0.4) is 0 Å². The minimum atomic E-state index is 0.0455. The first-order valence-electron chi connectivity index (χ1n) is 12.7. The Bertz CT molecular complexity index is 724. The summed E-state index contributed by atoms with van der Waals surface area (Å²) in [6, 6.07) is 6.08. The van der Waals surface area contributed by atoms with Crippen LogP contribution < -0.4 is 0 Å². The van der Waals surface area contributed by atoms with Crippen molar-refractivity contribution >= 4 is 0 Å². The largest absolute Gasteiger partial charge is 0.207 e. The molecule has 0 aliphatic heterocycles. The molecule has 0 saturated heterocycles. The Morgan fingerprint density at radius 3 is 2.27 bits per heavy atom. The lowest BCUT2D eigenvalue weighted by atomic mass is 9.60. The van der Waals surface area contributed by atoms with E-state index in [1.165, 1.54) is 64.2 Å². The molecule has 0 amide bonds. The molecule has 0 bridgehead atoms. The summed E-state index contributed by atoms with van der Waals surface area (Å²) in [5.74, 6) is 4.92. The van der Waals surface area contributed by atoms with Crippen LogP contribution in [0, 0.1) is 35.4 Å². The average Bonchev–Trinajstić information content (AvgIpc) is 2.79. The molecule has 3 fully saturated rings. The van der Waals surface area contributed by atoms with Crippen molar-refractivity contribution in [2.75, 3.05) is 0 Å². The maximum atomic E-state index is 14.9. The van der Waals surface area contributed by atoms with E-state index in [0.717, 1.165) is 53.6 Å². The van der Waals surface area contributed by atoms with E-state index in [2.05, 4.69) is 36.9 Å². The fourth-order valence-corrected chi connectivity index (χ4v) is 6.96. The van der Waals surface area contributed by atoms with Gasteiger partial charge in [0.15, 0.2) is 0 Å². The molecule has 1 heteroatoms. The van der Waals surface area contributed by atoms with E-state index in [1.807, 2.05) is 6.92 Å². The molecule has 0 spiro atoms. The minimum absolute atomic E-state index is 0.0455. The van der Waals surface area contributed by atoms with Gasteiger partial charge in [-0.1, -0.05) is 30.4 Å². The van der Waals surface area contributed by atoms with Crippen molar-refractivity contribution in [1.82, 2.24) is 0 Å². The van der Waals surface area contributed by atoms with Gasteiger partial charge < -0.3 is 0 Å². The Morgan fingerprint density at radius 1 is 0.900 bits per heavy atom. The monoisotopic (exact) mass is 408 g/mol. The molecule has 4 atom stereocenters. The van der Waals surface area contributed by atoms with Crippen molar-refractivity contribution in [3.05, 3.63) is 60.0 Å². The highest BCUT2D eigenvalue weighted by molar-refractivity contribution is 5.28. The van der Waals surface area contributed by atoms with Gasteiger partial charge in [-0.05, 0) is 137 Å². The predicted molar refractivity (Wildman–Crippen MR) is 126 cm³/mol. The molecule has 0 radical (unpaired) electrons. The van der Waals surface area contributed by atoms with Crippen molar-refractivity contribution < 1.29 is 4.39 Å². The smallest absolute Gasteiger partial charge is 0.126 e. The zero-order valence-corrected chi connectivity index (χ0v) is 19.0. The van der Waals surface area contributed by atoms with E-state index in [9.17, 15) is 4.39 Å². The topological polar surface area (TPSA) is 0 Å². The molecule has 1 aromatic carbocycles. The van der Waals surface area contributed by atoms with Crippen LogP contribution in [-0.2, 0) is 6.42 Å². The highest BCUT2D eigenvalue weighted by Gasteiger charge is 2.39. The van der Waals surface area contributed by atoms with E-state index >= 15 is 0 Å². The van der Waals surface area contributed by atoms with E-state index in [-0.39, 0.29) is 5.82 Å². The number of allylic oxidation sites excluding steroid dienone is 3. The number of fused-ring (bicyclic) bond motifs is 1. The zero-order chi connectivity index (χ0) is 20.9. The summed E-state index contributed by atoms with van der Waals surface area (Å²) in [4.78, 5) is 0. The fourth-order valence-electron chi connectivity index (χ4n) is 6.96. The quantitative estimate of drug-likeness (QED) is 0.413. The van der Waals surface area contributed by atoms with Crippen molar-refractivity contribution in [2.24, 2.45) is 29.6 Å². The summed E-state index contributed by atoms with van der Waals surface area (Å²) in [7, 11) is 0. The number of hydrogen-bond acceptors (Lipinski definition) is 0. The van der Waals surface area contributed by atoms with Gasteiger partial charge in [-0.25, -0.2) is 4.39 Å². The van der Waals surface area contributed by atoms with Crippen LogP contribution in [-0.4, -0.2) is 0 Å². The van der Waals surface area contributed by atoms with Gasteiger partial charge in [0, 0.05) is 0 Å². The molecule has 0 nitrogen and oxygen atoms in total. The van der Waals surface area contributed by atoms with Gasteiger partial charge in [0.1, 0.15) is 5.82 Å². The number of halogens is 1. The van der Waals surface area contributed by atoms with E-state index in [4.69, 9.17) is 0 Å². The van der Waals surface area contributed by atoms with Crippen LogP contribution >= 0.6 is 0 Å². The Morgan fingerprint density at radius 2 is 1.57 bits per heavy atom. The molecule has 0 heterocycles. The lowest BCUT2D eigenvalue weighted by Gasteiger charge is -2.45. The SMILES string of the molecule is C=CC1CCC(C2CCC3CC(c4ccc(CC/C=C/C)cc4F)CCC3C2)CC1. The van der Waals surface area contributed by atoms with Gasteiger partial charge in [-0.3, -0.25) is 0 Å². The molecule has 4 rings (SSSR count). The van der Waals surface area contributed by atoms with Gasteiger partial charge in [0.2, 0.25) is 0 Å². The van der Waals surface area contributed by atoms with Crippen LogP contribution in [0.25, 0.3) is 0 Å². The molecule has 0 aromatic heterocycles. The summed E-state index contributed by atoms with van der Waals surface area (Å²) in [6.07, 6.45) is 21.9. The highest BCUT2D eigenvalue weighted by atomic mass is 19.1. The van der Waals surface area contributed by atoms with Crippen molar-refractivity contribution in [2.45, 2.75) is 89.9 Å². The maximum absolute atomic E-state index is 14.9. The van der Waals surface area contributed by atoms with Crippen LogP contribution in [0.4, 0.5) is 4.39 Å². The molecule has 3 aliphatic rings. The van der Waals surface area contributed by atoms with Gasteiger partial charge >= 0.3 is 0 Å². The Labute approximate surface area is 184 Å². The molecular formula is C29H41F. The summed E-state index contributed by atoms with van der Waals surface area (Å²) < 4.78 is 14.9. The number of benzene rings is 1. The van der Waals surface area contributed by atoms with Gasteiger partial charge in [0.25, 0.3) is 0 Å². The van der Waals surface area contributed by atoms with Gasteiger partial charge in [-0.2, -0.15) is 0 Å². The second-order valence-corrected chi connectivity index (χ2v) is 10.5. The third kappa shape index (κ3) is 5.09. The third-order valence-corrected chi connectivity index (χ3v) is 8.81. The van der Waals surface area contributed by atoms with E-state index in [0.29, 0.717) is 5.92 Å². The lowest BCUT2D eigenvalue weighted by Crippen LogP contribution is -2.34. The first kappa shape index (κ1) is 21.8. The highest BCUT2D eigenvalue weighted by Crippen LogP contribution is 2.51. The molecule has 1 aromatic rings. The minimum Gasteiger partial charge on any atom is -0.207 e. The summed E-state index contributed by atoms with van der Waals surface area (Å²) in [6.45, 7) is 6.05. The Balaban J connectivity index is 1.31. The number of aryl methyl sites for hydroxylation is 1. The predicted octanol–water partition coefficient (Wildman–Crippen LogP) is 8.63. The summed E-state index contributed by atoms with van der Waals surface area (Å²) in [5, 5.41) is 0. The molecule has 0 N–H and O–H groups in total. The first-order chi connectivity index (χ1) is 14.7. The molecule has 3 aliphatic carbocycles. The maximum Gasteiger partial charge on any atom is 0.126 e. The second kappa shape index (κ2) is 10.3. The standard InChI is InChI=1S/C29H41F/c1-3-5-6-7-22-10-17-28(29(30)18-22)27-16-15-25-19-24(13-14-26(25)20-27)23-11-8-21(4-2)9-12-23/h3-5,10,17-18,21,23-27H,2,6-9,11-16,19-20H2,1H3/b5-3+. The molecule has 4 unspecified atom stereocenters. The van der Waals surface area contributed by atoms with Gasteiger partial charge in [-0.15, -0.1) is 6.58 Å². The Hall–Kier alpha value is -1.37. The van der Waals surface area contributed by atoms with Crippen LogP contribution in [0.2, 0.25) is 0 Å². The van der Waals surface area contributed by atoms with Crippen LogP contribution in [0.5, 0.6) is 0 Å². The van der Waals surface area contributed by atoms with Crippen LogP contribution in [0.15, 0.2) is 43.0 Å². The summed E-state index contributed by atoms with van der Waals surface area (Å²) >= 11 is 0. The van der Waals surface area contributed by atoms with Crippen molar-refractivity contribution in [3.8, 4) is 0 Å². The normalized spacial score (nSPS) is 34.6. The van der Waals surface area contributed by atoms with E-state index in [1.54, 1.807) is 6.07 Å². The number of hydrogen-bond donors (Lipinski definition) is 0. The Kier molecular flexibility index (Phi) is 7.50. The second-order valence-electron chi connectivity index (χ2n) is 10.5. The average molecular weight is 409 g/mol. The van der Waals surface area contributed by atoms with Crippen LogP contribution in [0.1, 0.15) is 94.6 Å². The van der Waals surface area contributed by atoms with Gasteiger partial charge in [0.05, 0.1) is 0 Å². The third-order valence-electron chi connectivity index (χ3n) is 8.81. The molecule has 164 valence electrons. The van der Waals surface area contributed by atoms with Crippen molar-refractivity contribution in [1.29, 1.82) is 0 Å². The van der Waals surface area contributed by atoms with E-state index < -0.39 is 0 Å².